The lowest BCUT2D eigenvalue weighted by Crippen LogP contribution is -2.31. The lowest BCUT2D eigenvalue weighted by molar-refractivity contribution is 0.586. The maximum Gasteiger partial charge on any atom is 0.0737 e. The van der Waals surface area contributed by atoms with E-state index in [0.717, 1.165) is 0 Å². The van der Waals surface area contributed by atoms with E-state index in [1.807, 2.05) is 0 Å². The Hall–Kier alpha value is -5.20. The van der Waals surface area contributed by atoms with Crippen molar-refractivity contribution in [3.63, 3.8) is 0 Å². The standard InChI is InChI=1S/C49H42/c1-47(2,3)35-23-25-41-42-26-24-36(48(4,5)6)30-44(42)49(43(41)29-35,45-37-19-11-7-15-31(37)27-32-16-8-12-20-38(32)45)46-39-21-13-9-17-33(39)28-34-18-10-14-22-40(34)46/h7-30H,1-6H3. The maximum absolute atomic E-state index is 2.57. The molecule has 0 heterocycles. The van der Waals surface area contributed by atoms with Gasteiger partial charge in [-0.05, 0) is 111 Å². The zero-order valence-corrected chi connectivity index (χ0v) is 29.4. The monoisotopic (exact) mass is 630 g/mol. The highest BCUT2D eigenvalue weighted by Gasteiger charge is 2.50. The second-order valence-corrected chi connectivity index (χ2v) is 16.2. The Kier molecular flexibility index (Phi) is 6.35. The first-order valence-corrected chi connectivity index (χ1v) is 17.7. The zero-order chi connectivity index (χ0) is 33.7. The van der Waals surface area contributed by atoms with Crippen molar-refractivity contribution in [1.82, 2.24) is 0 Å². The third-order valence-electron chi connectivity index (χ3n) is 11.2. The van der Waals surface area contributed by atoms with Crippen molar-refractivity contribution in [1.29, 1.82) is 0 Å². The van der Waals surface area contributed by atoms with E-state index in [4.69, 9.17) is 0 Å². The van der Waals surface area contributed by atoms with E-state index < -0.39 is 5.41 Å². The molecule has 0 saturated heterocycles. The molecule has 0 radical (unpaired) electrons. The fourth-order valence-corrected chi connectivity index (χ4v) is 8.76. The summed E-state index contributed by atoms with van der Waals surface area (Å²) in [6.45, 7) is 14.1. The number of fused-ring (bicyclic) bond motifs is 7. The van der Waals surface area contributed by atoms with Crippen molar-refractivity contribution >= 4 is 43.1 Å². The van der Waals surface area contributed by atoms with Crippen LogP contribution in [0.3, 0.4) is 0 Å². The van der Waals surface area contributed by atoms with Gasteiger partial charge in [0.15, 0.2) is 0 Å². The molecule has 0 saturated carbocycles. The van der Waals surface area contributed by atoms with Gasteiger partial charge in [-0.25, -0.2) is 0 Å². The molecule has 0 unspecified atom stereocenters. The second-order valence-electron chi connectivity index (χ2n) is 16.2. The maximum atomic E-state index is 2.57. The summed E-state index contributed by atoms with van der Waals surface area (Å²) < 4.78 is 0. The second kappa shape index (κ2) is 10.4. The van der Waals surface area contributed by atoms with Gasteiger partial charge in [-0.1, -0.05) is 175 Å². The quantitative estimate of drug-likeness (QED) is 0.167. The molecule has 238 valence electrons. The van der Waals surface area contributed by atoms with Crippen molar-refractivity contribution in [2.24, 2.45) is 0 Å². The minimum atomic E-state index is -0.617. The van der Waals surface area contributed by atoms with Crippen LogP contribution in [0.1, 0.15) is 74.9 Å². The molecule has 1 aliphatic rings. The van der Waals surface area contributed by atoms with Crippen LogP contribution < -0.4 is 0 Å². The Bertz CT molecular complexity index is 2330. The van der Waals surface area contributed by atoms with Gasteiger partial charge < -0.3 is 0 Å². The molecule has 0 N–H and O–H groups in total. The Labute approximate surface area is 290 Å². The van der Waals surface area contributed by atoms with Crippen LogP contribution in [0, 0.1) is 0 Å². The molecule has 1 aliphatic carbocycles. The molecule has 0 amide bonds. The number of hydrogen-bond acceptors (Lipinski definition) is 0. The highest BCUT2D eigenvalue weighted by atomic mass is 14.5. The van der Waals surface area contributed by atoms with Crippen LogP contribution in [-0.4, -0.2) is 0 Å². The molecule has 0 aromatic heterocycles. The van der Waals surface area contributed by atoms with Gasteiger partial charge in [-0.3, -0.25) is 0 Å². The highest BCUT2D eigenvalue weighted by Crippen LogP contribution is 2.62. The molecule has 9 rings (SSSR count). The number of hydrogen-bond donors (Lipinski definition) is 0. The molecule has 0 bridgehead atoms. The molecule has 49 heavy (non-hydrogen) atoms. The first-order valence-electron chi connectivity index (χ1n) is 17.7. The van der Waals surface area contributed by atoms with Crippen molar-refractivity contribution in [2.45, 2.75) is 57.8 Å². The van der Waals surface area contributed by atoms with Crippen molar-refractivity contribution in [3.05, 3.63) is 179 Å². The number of rotatable bonds is 2. The minimum absolute atomic E-state index is 0.0201. The molecular formula is C49H42. The summed E-state index contributed by atoms with van der Waals surface area (Å²) in [5.74, 6) is 0. The lowest BCUT2D eigenvalue weighted by atomic mass is 9.62. The fourth-order valence-electron chi connectivity index (χ4n) is 8.76. The summed E-state index contributed by atoms with van der Waals surface area (Å²) in [6, 6.07) is 55.8. The van der Waals surface area contributed by atoms with Gasteiger partial charge >= 0.3 is 0 Å². The Balaban J connectivity index is 1.65. The van der Waals surface area contributed by atoms with Gasteiger partial charge in [0.05, 0.1) is 5.41 Å². The summed E-state index contributed by atoms with van der Waals surface area (Å²) in [5, 5.41) is 10.3. The van der Waals surface area contributed by atoms with Crippen LogP contribution in [-0.2, 0) is 16.2 Å². The molecule has 0 aliphatic heterocycles. The molecule has 8 aromatic rings. The molecule has 0 fully saturated rings. The van der Waals surface area contributed by atoms with Gasteiger partial charge in [0.25, 0.3) is 0 Å². The van der Waals surface area contributed by atoms with Crippen LogP contribution in [0.25, 0.3) is 54.2 Å². The Morgan fingerprint density at radius 3 is 0.959 bits per heavy atom. The van der Waals surface area contributed by atoms with Gasteiger partial charge in [-0.15, -0.1) is 0 Å². The van der Waals surface area contributed by atoms with Gasteiger partial charge in [-0.2, -0.15) is 0 Å². The normalized spacial score (nSPS) is 14.1. The molecule has 0 atom stereocenters. The van der Waals surface area contributed by atoms with Crippen molar-refractivity contribution in [3.8, 4) is 11.1 Å². The lowest BCUT2D eigenvalue weighted by Gasteiger charge is -2.39. The molecular weight excluding hydrogens is 589 g/mol. The van der Waals surface area contributed by atoms with Gasteiger partial charge in [0.1, 0.15) is 0 Å². The third-order valence-corrected chi connectivity index (χ3v) is 11.2. The topological polar surface area (TPSA) is 0 Å². The minimum Gasteiger partial charge on any atom is -0.0616 e. The van der Waals surface area contributed by atoms with Gasteiger partial charge in [0, 0.05) is 0 Å². The van der Waals surface area contributed by atoms with Crippen molar-refractivity contribution < 1.29 is 0 Å². The average Bonchev–Trinajstić information content (AvgIpc) is 3.38. The van der Waals surface area contributed by atoms with Crippen LogP contribution in [0.2, 0.25) is 0 Å². The predicted octanol–water partition coefficient (Wildman–Crippen LogP) is 13.3. The fraction of sp³-hybridized carbons (Fsp3) is 0.184. The smallest absolute Gasteiger partial charge is 0.0616 e. The molecule has 0 heteroatoms. The first kappa shape index (κ1) is 29.9. The van der Waals surface area contributed by atoms with E-state index in [1.165, 1.54) is 87.6 Å². The average molecular weight is 631 g/mol. The van der Waals surface area contributed by atoms with E-state index >= 15 is 0 Å². The van der Waals surface area contributed by atoms with E-state index in [2.05, 4.69) is 187 Å². The molecule has 8 aromatic carbocycles. The predicted molar refractivity (Wildman–Crippen MR) is 211 cm³/mol. The summed E-state index contributed by atoms with van der Waals surface area (Å²) in [7, 11) is 0. The zero-order valence-electron chi connectivity index (χ0n) is 29.4. The summed E-state index contributed by atoms with van der Waals surface area (Å²) in [4.78, 5) is 0. The number of benzene rings is 8. The van der Waals surface area contributed by atoms with Crippen LogP contribution in [0.15, 0.2) is 146 Å². The van der Waals surface area contributed by atoms with E-state index in [1.54, 1.807) is 0 Å². The Morgan fingerprint density at radius 1 is 0.347 bits per heavy atom. The summed E-state index contributed by atoms with van der Waals surface area (Å²) in [5.41, 5.74) is 10.2. The first-order chi connectivity index (χ1) is 23.6. The third kappa shape index (κ3) is 4.29. The summed E-state index contributed by atoms with van der Waals surface area (Å²) >= 11 is 0. The molecule has 0 nitrogen and oxygen atoms in total. The highest BCUT2D eigenvalue weighted by molar-refractivity contribution is 6.12. The SMILES string of the molecule is CC(C)(C)c1ccc2c(c1)C(c1c3ccccc3cc3ccccc13)(c1c3ccccc3cc3ccccc13)c1cc(C(C)(C)C)ccc1-2. The Morgan fingerprint density at radius 2 is 0.653 bits per heavy atom. The molecule has 0 spiro atoms. The largest absolute Gasteiger partial charge is 0.0737 e. The van der Waals surface area contributed by atoms with E-state index in [-0.39, 0.29) is 10.8 Å². The van der Waals surface area contributed by atoms with Crippen LogP contribution in [0.4, 0.5) is 0 Å². The van der Waals surface area contributed by atoms with Crippen LogP contribution in [0.5, 0.6) is 0 Å². The van der Waals surface area contributed by atoms with E-state index in [9.17, 15) is 0 Å². The van der Waals surface area contributed by atoms with Gasteiger partial charge in [0.2, 0.25) is 0 Å². The van der Waals surface area contributed by atoms with Crippen LogP contribution >= 0.6 is 0 Å². The van der Waals surface area contributed by atoms with E-state index in [0.29, 0.717) is 0 Å². The van der Waals surface area contributed by atoms with Crippen molar-refractivity contribution in [2.75, 3.05) is 0 Å². The summed E-state index contributed by atoms with van der Waals surface area (Å²) in [6.07, 6.45) is 0.